The van der Waals surface area contributed by atoms with E-state index < -0.39 is 0 Å². The second kappa shape index (κ2) is 10.2. The predicted octanol–water partition coefficient (Wildman–Crippen LogP) is 7.50. The van der Waals surface area contributed by atoms with Gasteiger partial charge in [0.15, 0.2) is 0 Å². The topological polar surface area (TPSA) is 56.5 Å². The third-order valence-electron chi connectivity index (χ3n) is 4.88. The molecule has 0 N–H and O–H groups in total. The number of rotatable bonds is 6. The van der Waals surface area contributed by atoms with Gasteiger partial charge in [0.05, 0.1) is 32.7 Å². The minimum atomic E-state index is -0.189. The predicted molar refractivity (Wildman–Crippen MR) is 142 cm³/mol. The molecule has 0 unspecified atom stereocenters. The Kier molecular flexibility index (Phi) is 7.99. The van der Waals surface area contributed by atoms with Crippen LogP contribution in [0.15, 0.2) is 53.6 Å². The van der Waals surface area contributed by atoms with Gasteiger partial charge < -0.3 is 4.74 Å². The molecule has 170 valence electrons. The third kappa shape index (κ3) is 5.88. The van der Waals surface area contributed by atoms with E-state index in [2.05, 4.69) is 80.6 Å². The van der Waals surface area contributed by atoms with Gasteiger partial charge in [0, 0.05) is 10.4 Å². The maximum atomic E-state index is 13.3. The van der Waals surface area contributed by atoms with Crippen LogP contribution < -0.4 is 10.3 Å². The standard InChI is InChI=1S/C24H26Br3N3O2/c1-6-14(2)22-29-20-8-7-16(25)11-17(20)23(31)30(22)28-12-15-9-18(26)21(19(27)10-15)32-13-24(3,4)5/h7-12,14H,6,13H2,1-5H3/t14-/m1/s1. The molecule has 2 aromatic carbocycles. The first-order valence-corrected chi connectivity index (χ1v) is 12.8. The molecule has 8 heteroatoms. The lowest BCUT2D eigenvalue weighted by Gasteiger charge is -2.20. The van der Waals surface area contributed by atoms with E-state index in [9.17, 15) is 4.79 Å². The highest BCUT2D eigenvalue weighted by molar-refractivity contribution is 9.11. The first-order chi connectivity index (χ1) is 15.0. The van der Waals surface area contributed by atoms with Gasteiger partial charge in [0.1, 0.15) is 11.6 Å². The van der Waals surface area contributed by atoms with Crippen molar-refractivity contribution >= 4 is 64.9 Å². The van der Waals surface area contributed by atoms with Gasteiger partial charge >= 0.3 is 0 Å². The summed E-state index contributed by atoms with van der Waals surface area (Å²) in [5.74, 6) is 1.47. The van der Waals surface area contributed by atoms with Gasteiger partial charge in [-0.25, -0.2) is 4.98 Å². The molecule has 0 spiro atoms. The number of fused-ring (bicyclic) bond motifs is 1. The molecule has 5 nitrogen and oxygen atoms in total. The first-order valence-electron chi connectivity index (χ1n) is 10.4. The molecule has 1 heterocycles. The zero-order valence-electron chi connectivity index (χ0n) is 18.7. The first kappa shape index (κ1) is 25.1. The monoisotopic (exact) mass is 625 g/mol. The molecule has 0 saturated heterocycles. The minimum Gasteiger partial charge on any atom is -0.491 e. The van der Waals surface area contributed by atoms with E-state index in [1.807, 2.05) is 31.2 Å². The number of hydrogen-bond acceptors (Lipinski definition) is 4. The number of nitrogens with zero attached hydrogens (tertiary/aromatic N) is 3. The molecule has 1 aromatic heterocycles. The smallest absolute Gasteiger partial charge is 0.282 e. The van der Waals surface area contributed by atoms with Crippen molar-refractivity contribution in [1.82, 2.24) is 9.66 Å². The summed E-state index contributed by atoms with van der Waals surface area (Å²) in [7, 11) is 0. The van der Waals surface area contributed by atoms with Crippen LogP contribution in [-0.4, -0.2) is 22.5 Å². The minimum absolute atomic E-state index is 0.0463. The molecule has 32 heavy (non-hydrogen) atoms. The molecule has 0 aliphatic rings. The third-order valence-corrected chi connectivity index (χ3v) is 6.55. The van der Waals surface area contributed by atoms with Crippen LogP contribution in [0, 0.1) is 5.41 Å². The van der Waals surface area contributed by atoms with Crippen LogP contribution in [0.2, 0.25) is 0 Å². The van der Waals surface area contributed by atoms with Crippen molar-refractivity contribution < 1.29 is 4.74 Å². The maximum Gasteiger partial charge on any atom is 0.282 e. The van der Waals surface area contributed by atoms with Crippen LogP contribution in [0.25, 0.3) is 10.9 Å². The normalized spacial score (nSPS) is 13.1. The SMILES string of the molecule is CC[C@@H](C)c1nc2ccc(Br)cc2c(=O)n1N=Cc1cc(Br)c(OCC(C)(C)C)c(Br)c1. The van der Waals surface area contributed by atoms with Crippen molar-refractivity contribution in [3.63, 3.8) is 0 Å². The largest absolute Gasteiger partial charge is 0.491 e. The Morgan fingerprint density at radius 3 is 2.41 bits per heavy atom. The van der Waals surface area contributed by atoms with Crippen molar-refractivity contribution in [3.05, 3.63) is 65.5 Å². The van der Waals surface area contributed by atoms with Gasteiger partial charge in [0.25, 0.3) is 5.56 Å². The highest BCUT2D eigenvalue weighted by Gasteiger charge is 2.17. The fourth-order valence-corrected chi connectivity index (χ4v) is 4.80. The van der Waals surface area contributed by atoms with Crippen molar-refractivity contribution in [2.75, 3.05) is 6.61 Å². The second-order valence-corrected chi connectivity index (χ2v) is 11.6. The highest BCUT2D eigenvalue weighted by Crippen LogP contribution is 2.35. The van der Waals surface area contributed by atoms with Gasteiger partial charge in [0.2, 0.25) is 0 Å². The number of aromatic nitrogens is 2. The van der Waals surface area contributed by atoms with E-state index in [0.717, 1.165) is 31.2 Å². The molecular formula is C24H26Br3N3O2. The van der Waals surface area contributed by atoms with Gasteiger partial charge in [-0.15, -0.1) is 0 Å². The molecule has 0 amide bonds. The van der Waals surface area contributed by atoms with Crippen LogP contribution in [0.5, 0.6) is 5.75 Å². The average Bonchev–Trinajstić information content (AvgIpc) is 2.71. The Morgan fingerprint density at radius 2 is 1.81 bits per heavy atom. The molecule has 0 aliphatic heterocycles. The van der Waals surface area contributed by atoms with E-state index in [0.29, 0.717) is 23.3 Å². The van der Waals surface area contributed by atoms with E-state index in [-0.39, 0.29) is 16.9 Å². The van der Waals surface area contributed by atoms with E-state index >= 15 is 0 Å². The molecule has 0 fully saturated rings. The summed E-state index contributed by atoms with van der Waals surface area (Å²) in [6.45, 7) is 11.1. The number of benzene rings is 2. The summed E-state index contributed by atoms with van der Waals surface area (Å²) < 4.78 is 9.85. The Morgan fingerprint density at radius 1 is 1.16 bits per heavy atom. The fourth-order valence-electron chi connectivity index (χ4n) is 2.98. The molecule has 0 saturated carbocycles. The highest BCUT2D eigenvalue weighted by atomic mass is 79.9. The number of ether oxygens (including phenoxy) is 1. The number of halogens is 3. The Bertz CT molecular complexity index is 1210. The van der Waals surface area contributed by atoms with Crippen LogP contribution in [0.4, 0.5) is 0 Å². The molecule has 0 radical (unpaired) electrons. The summed E-state index contributed by atoms with van der Waals surface area (Å²) >= 11 is 10.6. The van der Waals surface area contributed by atoms with Crippen LogP contribution in [-0.2, 0) is 0 Å². The quantitative estimate of drug-likeness (QED) is 0.266. The lowest BCUT2D eigenvalue weighted by molar-refractivity contribution is 0.196. The fraction of sp³-hybridized carbons (Fsp3) is 0.375. The second-order valence-electron chi connectivity index (χ2n) is 8.97. The Labute approximate surface area is 213 Å². The van der Waals surface area contributed by atoms with Crippen LogP contribution in [0.3, 0.4) is 0 Å². The number of hydrogen-bond donors (Lipinski definition) is 0. The van der Waals surface area contributed by atoms with Crippen LogP contribution in [0.1, 0.15) is 58.3 Å². The molecule has 3 rings (SSSR count). The average molecular weight is 628 g/mol. The summed E-state index contributed by atoms with van der Waals surface area (Å²) in [5.41, 5.74) is 1.35. The molecule has 0 aliphatic carbocycles. The summed E-state index contributed by atoms with van der Waals surface area (Å²) in [5, 5.41) is 5.07. The zero-order chi connectivity index (χ0) is 23.6. The summed E-state index contributed by atoms with van der Waals surface area (Å²) in [6.07, 6.45) is 2.52. The Hall–Kier alpha value is -1.51. The van der Waals surface area contributed by atoms with Crippen molar-refractivity contribution in [2.45, 2.75) is 47.0 Å². The van der Waals surface area contributed by atoms with Crippen molar-refractivity contribution in [3.8, 4) is 5.75 Å². The molecule has 1 atom stereocenters. The lowest BCUT2D eigenvalue weighted by Crippen LogP contribution is -2.23. The summed E-state index contributed by atoms with van der Waals surface area (Å²) in [4.78, 5) is 18.0. The van der Waals surface area contributed by atoms with Crippen LogP contribution >= 0.6 is 47.8 Å². The van der Waals surface area contributed by atoms with E-state index in [1.54, 1.807) is 12.3 Å². The molecule has 3 aromatic rings. The van der Waals surface area contributed by atoms with Gasteiger partial charge in [-0.05, 0) is 79.6 Å². The van der Waals surface area contributed by atoms with Gasteiger partial charge in [-0.3, -0.25) is 4.79 Å². The van der Waals surface area contributed by atoms with Gasteiger partial charge in [-0.1, -0.05) is 50.5 Å². The molecule has 0 bridgehead atoms. The van der Waals surface area contributed by atoms with E-state index in [1.165, 1.54) is 4.68 Å². The van der Waals surface area contributed by atoms with Crippen molar-refractivity contribution in [2.24, 2.45) is 10.5 Å². The molecular weight excluding hydrogens is 602 g/mol. The summed E-state index contributed by atoms with van der Waals surface area (Å²) in [6, 6.07) is 9.37. The zero-order valence-corrected chi connectivity index (χ0v) is 23.5. The van der Waals surface area contributed by atoms with Crippen molar-refractivity contribution in [1.29, 1.82) is 0 Å². The Balaban J connectivity index is 2.04. The van der Waals surface area contributed by atoms with Gasteiger partial charge in [-0.2, -0.15) is 9.78 Å². The maximum absolute atomic E-state index is 13.3. The van der Waals surface area contributed by atoms with E-state index in [4.69, 9.17) is 9.72 Å². The lowest BCUT2D eigenvalue weighted by atomic mass is 9.99.